The van der Waals surface area contributed by atoms with Gasteiger partial charge in [0.05, 0.1) is 16.2 Å². The lowest BCUT2D eigenvalue weighted by Gasteiger charge is -2.25. The molecule has 0 N–H and O–H groups in total. The molecule has 1 aliphatic carbocycles. The van der Waals surface area contributed by atoms with Crippen LogP contribution in [-0.2, 0) is 4.74 Å². The summed E-state index contributed by atoms with van der Waals surface area (Å²) in [5.74, 6) is 0.238. The number of nitrogens with zero attached hydrogens (tertiary/aromatic N) is 3. The second-order valence-corrected chi connectivity index (χ2v) is 8.13. The van der Waals surface area contributed by atoms with Crippen molar-refractivity contribution in [1.82, 2.24) is 9.97 Å². The Morgan fingerprint density at radius 3 is 2.36 bits per heavy atom. The van der Waals surface area contributed by atoms with Gasteiger partial charge in [-0.05, 0) is 45.7 Å². The Hall–Kier alpha value is -2.83. The van der Waals surface area contributed by atoms with Gasteiger partial charge in [0.1, 0.15) is 5.60 Å². The van der Waals surface area contributed by atoms with Gasteiger partial charge >= 0.3 is 5.97 Å². The van der Waals surface area contributed by atoms with Crippen molar-refractivity contribution >= 4 is 11.7 Å². The van der Waals surface area contributed by atoms with Gasteiger partial charge in [-0.25, -0.2) is 14.8 Å². The van der Waals surface area contributed by atoms with Crippen LogP contribution in [-0.4, -0.2) is 26.5 Å². The minimum absolute atomic E-state index is 0.0154. The third-order valence-corrected chi connectivity index (χ3v) is 4.77. The van der Waals surface area contributed by atoms with Gasteiger partial charge in [0.15, 0.2) is 5.82 Å². The number of hydrogen-bond acceptors (Lipinski definition) is 6. The van der Waals surface area contributed by atoms with E-state index in [1.54, 1.807) is 12.1 Å². The molecule has 1 fully saturated rings. The van der Waals surface area contributed by atoms with Crippen molar-refractivity contribution in [3.05, 3.63) is 51.8 Å². The number of carbonyl (C=O) groups is 1. The van der Waals surface area contributed by atoms with Crippen LogP contribution in [0.1, 0.15) is 74.8 Å². The second-order valence-electron chi connectivity index (χ2n) is 8.13. The summed E-state index contributed by atoms with van der Waals surface area (Å²) in [4.78, 5) is 32.2. The zero-order chi connectivity index (χ0) is 20.3. The van der Waals surface area contributed by atoms with E-state index in [1.165, 1.54) is 24.8 Å². The predicted octanol–water partition coefficient (Wildman–Crippen LogP) is 5.05. The smallest absolute Gasteiger partial charge is 0.342 e. The Balaban J connectivity index is 1.99. The van der Waals surface area contributed by atoms with Crippen molar-refractivity contribution in [1.29, 1.82) is 0 Å². The number of nitro groups is 1. The van der Waals surface area contributed by atoms with E-state index in [1.807, 2.05) is 20.8 Å². The van der Waals surface area contributed by atoms with Crippen LogP contribution in [0.4, 0.5) is 5.69 Å². The van der Waals surface area contributed by atoms with Crippen LogP contribution in [0.2, 0.25) is 0 Å². The number of aromatic nitrogens is 2. The van der Waals surface area contributed by atoms with Gasteiger partial charge in [-0.15, -0.1) is 0 Å². The van der Waals surface area contributed by atoms with E-state index in [-0.39, 0.29) is 11.6 Å². The largest absolute Gasteiger partial charge is 0.456 e. The van der Waals surface area contributed by atoms with Crippen molar-refractivity contribution < 1.29 is 14.5 Å². The predicted molar refractivity (Wildman–Crippen MR) is 105 cm³/mol. The minimum Gasteiger partial charge on any atom is -0.456 e. The molecular weight excluding hydrogens is 358 g/mol. The fraction of sp³-hybridized carbons (Fsp3) is 0.476. The highest BCUT2D eigenvalue weighted by Gasteiger charge is 2.27. The van der Waals surface area contributed by atoms with E-state index in [4.69, 9.17) is 9.72 Å². The van der Waals surface area contributed by atoms with Crippen molar-refractivity contribution in [2.45, 2.75) is 64.4 Å². The Morgan fingerprint density at radius 2 is 1.79 bits per heavy atom. The van der Waals surface area contributed by atoms with Crippen molar-refractivity contribution in [3.8, 4) is 11.4 Å². The molecule has 2 aromatic rings. The summed E-state index contributed by atoms with van der Waals surface area (Å²) in [5, 5.41) is 10.9. The Kier molecular flexibility index (Phi) is 5.72. The van der Waals surface area contributed by atoms with E-state index in [0.717, 1.165) is 31.4 Å². The maximum atomic E-state index is 12.7. The first-order valence-corrected chi connectivity index (χ1v) is 9.60. The molecule has 1 aromatic heterocycles. The lowest BCUT2D eigenvalue weighted by atomic mass is 9.85. The standard InChI is InChI=1S/C21H25N3O4/c1-21(2,3)28-20(25)17-13-22-19(15-9-11-16(12-10-15)24(26)27)23-18(17)14-7-5-4-6-8-14/h9-14H,4-8H2,1-3H3. The molecule has 28 heavy (non-hydrogen) atoms. The van der Waals surface area contributed by atoms with Crippen LogP contribution >= 0.6 is 0 Å². The average Bonchev–Trinajstić information content (AvgIpc) is 2.67. The number of nitro benzene ring substituents is 1. The van der Waals surface area contributed by atoms with Gasteiger partial charge in [0.25, 0.3) is 5.69 Å². The van der Waals surface area contributed by atoms with Gasteiger partial charge < -0.3 is 4.74 Å². The summed E-state index contributed by atoms with van der Waals surface area (Å²) in [6.45, 7) is 5.49. The van der Waals surface area contributed by atoms with Gasteiger partial charge in [0.2, 0.25) is 0 Å². The molecule has 0 unspecified atom stereocenters. The molecule has 0 spiro atoms. The van der Waals surface area contributed by atoms with Crippen molar-refractivity contribution in [3.63, 3.8) is 0 Å². The lowest BCUT2D eigenvalue weighted by Crippen LogP contribution is -2.26. The molecule has 0 amide bonds. The van der Waals surface area contributed by atoms with Crippen LogP contribution in [0.25, 0.3) is 11.4 Å². The molecule has 1 saturated carbocycles. The number of ether oxygens (including phenoxy) is 1. The normalized spacial score (nSPS) is 15.2. The fourth-order valence-electron chi connectivity index (χ4n) is 3.44. The van der Waals surface area contributed by atoms with E-state index in [0.29, 0.717) is 17.0 Å². The van der Waals surface area contributed by atoms with Crippen molar-refractivity contribution in [2.24, 2.45) is 0 Å². The Labute approximate surface area is 164 Å². The quantitative estimate of drug-likeness (QED) is 0.416. The van der Waals surface area contributed by atoms with Crippen LogP contribution in [0.15, 0.2) is 30.5 Å². The number of hydrogen-bond donors (Lipinski definition) is 0. The maximum absolute atomic E-state index is 12.7. The van der Waals surface area contributed by atoms with Gasteiger partial charge in [-0.2, -0.15) is 0 Å². The molecule has 0 saturated heterocycles. The van der Waals surface area contributed by atoms with Gasteiger partial charge in [-0.3, -0.25) is 10.1 Å². The number of non-ortho nitro benzene ring substituents is 1. The highest BCUT2D eigenvalue weighted by atomic mass is 16.6. The van der Waals surface area contributed by atoms with Crippen LogP contribution in [0.3, 0.4) is 0 Å². The summed E-state index contributed by atoms with van der Waals surface area (Å²) < 4.78 is 5.55. The minimum atomic E-state index is -0.599. The zero-order valence-corrected chi connectivity index (χ0v) is 16.5. The fourth-order valence-corrected chi connectivity index (χ4v) is 3.44. The van der Waals surface area contributed by atoms with E-state index in [2.05, 4.69) is 4.98 Å². The molecule has 7 heteroatoms. The molecule has 1 heterocycles. The van der Waals surface area contributed by atoms with Crippen molar-refractivity contribution in [2.75, 3.05) is 0 Å². The molecule has 0 bridgehead atoms. The van der Waals surface area contributed by atoms with E-state index in [9.17, 15) is 14.9 Å². The Morgan fingerprint density at radius 1 is 1.14 bits per heavy atom. The lowest BCUT2D eigenvalue weighted by molar-refractivity contribution is -0.384. The van der Waals surface area contributed by atoms with Crippen LogP contribution in [0.5, 0.6) is 0 Å². The second kappa shape index (κ2) is 8.04. The van der Waals surface area contributed by atoms with Crippen LogP contribution in [0, 0.1) is 10.1 Å². The highest BCUT2D eigenvalue weighted by molar-refractivity contribution is 5.91. The molecule has 0 radical (unpaired) electrons. The summed E-state index contributed by atoms with van der Waals surface area (Å²) in [7, 11) is 0. The SMILES string of the molecule is CC(C)(C)OC(=O)c1cnc(-c2ccc([N+](=O)[O-])cc2)nc1C1CCCCC1. The number of rotatable bonds is 4. The first kappa shape index (κ1) is 19.9. The van der Waals surface area contributed by atoms with E-state index < -0.39 is 16.5 Å². The average molecular weight is 383 g/mol. The molecule has 148 valence electrons. The number of carbonyl (C=O) groups excluding carboxylic acids is 1. The monoisotopic (exact) mass is 383 g/mol. The summed E-state index contributed by atoms with van der Waals surface area (Å²) in [5.41, 5.74) is 1.22. The third-order valence-electron chi connectivity index (χ3n) is 4.77. The number of benzene rings is 1. The van der Waals surface area contributed by atoms with Crippen LogP contribution < -0.4 is 0 Å². The van der Waals surface area contributed by atoms with Gasteiger partial charge in [-0.1, -0.05) is 19.3 Å². The number of esters is 1. The first-order valence-electron chi connectivity index (χ1n) is 9.60. The van der Waals surface area contributed by atoms with Gasteiger partial charge in [0, 0.05) is 29.8 Å². The molecule has 0 atom stereocenters. The molecule has 0 aliphatic heterocycles. The topological polar surface area (TPSA) is 95.2 Å². The summed E-state index contributed by atoms with van der Waals surface area (Å²) >= 11 is 0. The molecule has 3 rings (SSSR count). The first-order chi connectivity index (χ1) is 13.2. The molecule has 1 aliphatic rings. The maximum Gasteiger partial charge on any atom is 0.342 e. The molecular formula is C21H25N3O4. The molecule has 7 nitrogen and oxygen atoms in total. The third kappa shape index (κ3) is 4.71. The Bertz CT molecular complexity index is 866. The zero-order valence-electron chi connectivity index (χ0n) is 16.5. The molecule has 1 aromatic carbocycles. The highest BCUT2D eigenvalue weighted by Crippen LogP contribution is 2.34. The van der Waals surface area contributed by atoms with E-state index >= 15 is 0 Å². The summed E-state index contributed by atoms with van der Waals surface area (Å²) in [6, 6.07) is 6.12. The summed E-state index contributed by atoms with van der Waals surface area (Å²) in [6.07, 6.45) is 6.89.